The minimum atomic E-state index is 0.987. The van der Waals surface area contributed by atoms with Gasteiger partial charge < -0.3 is 4.42 Å². The van der Waals surface area contributed by atoms with Crippen molar-refractivity contribution in [2.24, 2.45) is 0 Å². The molecule has 2 rings (SSSR count). The summed E-state index contributed by atoms with van der Waals surface area (Å²) in [5.41, 5.74) is 2.62. The summed E-state index contributed by atoms with van der Waals surface area (Å²) < 4.78 is 5.00. The molecule has 0 spiro atoms. The molecule has 0 aliphatic heterocycles. The largest absolute Gasteiger partial charge is 0.472 e. The van der Waals surface area contributed by atoms with Gasteiger partial charge in [0.05, 0.1) is 12.5 Å². The highest BCUT2D eigenvalue weighted by atomic mass is 32.1. The van der Waals surface area contributed by atoms with Crippen molar-refractivity contribution in [1.29, 1.82) is 0 Å². The Labute approximate surface area is 75.7 Å². The highest BCUT2D eigenvalue weighted by Gasteiger charge is 1.98. The second-order valence-electron chi connectivity index (χ2n) is 2.87. The summed E-state index contributed by atoms with van der Waals surface area (Å²) in [6, 6.07) is 4.23. The fraction of sp³-hybridized carbons (Fsp3) is 0.200. The normalized spacial score (nSPS) is 10.4. The molecule has 0 radical (unpaired) electrons. The van der Waals surface area contributed by atoms with Crippen LogP contribution in [0.15, 0.2) is 34.5 Å². The van der Waals surface area contributed by atoms with Crippen LogP contribution >= 0.6 is 11.3 Å². The minimum absolute atomic E-state index is 0.987. The molecule has 0 saturated carbocycles. The van der Waals surface area contributed by atoms with Gasteiger partial charge in [0.15, 0.2) is 0 Å². The monoisotopic (exact) mass is 178 g/mol. The van der Waals surface area contributed by atoms with Crippen LogP contribution in [0, 0.1) is 6.92 Å². The number of thiophene rings is 1. The van der Waals surface area contributed by atoms with Gasteiger partial charge in [0, 0.05) is 11.3 Å². The van der Waals surface area contributed by atoms with Crippen LogP contribution in [-0.4, -0.2) is 0 Å². The van der Waals surface area contributed by atoms with Gasteiger partial charge in [-0.25, -0.2) is 0 Å². The van der Waals surface area contributed by atoms with Gasteiger partial charge >= 0.3 is 0 Å². The number of aryl methyl sites for hydroxylation is 1. The molecule has 0 aliphatic rings. The van der Waals surface area contributed by atoms with Crippen molar-refractivity contribution < 1.29 is 4.42 Å². The zero-order chi connectivity index (χ0) is 8.39. The maximum Gasteiger partial charge on any atom is 0.0937 e. The van der Waals surface area contributed by atoms with Gasteiger partial charge in [0.1, 0.15) is 0 Å². The highest BCUT2D eigenvalue weighted by molar-refractivity contribution is 7.10. The second-order valence-corrected chi connectivity index (χ2v) is 3.99. The summed E-state index contributed by atoms with van der Waals surface area (Å²) in [5, 5.41) is 2.20. The Bertz CT molecular complexity index is 346. The van der Waals surface area contributed by atoms with E-state index >= 15 is 0 Å². The highest BCUT2D eigenvalue weighted by Crippen LogP contribution is 2.16. The lowest BCUT2D eigenvalue weighted by molar-refractivity contribution is 0.564. The summed E-state index contributed by atoms with van der Waals surface area (Å²) in [5.74, 6) is 0. The zero-order valence-electron chi connectivity index (χ0n) is 6.91. The van der Waals surface area contributed by atoms with Gasteiger partial charge in [-0.1, -0.05) is 0 Å². The topological polar surface area (TPSA) is 13.1 Å². The Balaban J connectivity index is 2.14. The number of hydrogen-bond donors (Lipinski definition) is 0. The lowest BCUT2D eigenvalue weighted by Crippen LogP contribution is -1.80. The van der Waals surface area contributed by atoms with E-state index in [2.05, 4.69) is 18.4 Å². The van der Waals surface area contributed by atoms with Crippen molar-refractivity contribution in [3.05, 3.63) is 46.0 Å². The second kappa shape index (κ2) is 3.15. The third-order valence-electron chi connectivity index (χ3n) is 1.77. The molecule has 0 amide bonds. The molecule has 0 aromatic carbocycles. The van der Waals surface area contributed by atoms with Gasteiger partial charge in [-0.2, -0.15) is 0 Å². The first-order chi connectivity index (χ1) is 5.84. The molecular formula is C10H10OS. The molecule has 0 fully saturated rings. The third kappa shape index (κ3) is 1.59. The maximum absolute atomic E-state index is 5.00. The van der Waals surface area contributed by atoms with E-state index in [0.29, 0.717) is 0 Å². The molecule has 2 aromatic heterocycles. The molecule has 62 valence electrons. The third-order valence-corrected chi connectivity index (χ3v) is 2.68. The number of furan rings is 1. The van der Waals surface area contributed by atoms with E-state index < -0.39 is 0 Å². The lowest BCUT2D eigenvalue weighted by Gasteiger charge is -1.90. The van der Waals surface area contributed by atoms with Crippen molar-refractivity contribution in [3.8, 4) is 0 Å². The molecule has 0 saturated heterocycles. The molecule has 1 nitrogen and oxygen atoms in total. The fourth-order valence-corrected chi connectivity index (χ4v) is 1.93. The molecule has 0 aliphatic carbocycles. The first-order valence-electron chi connectivity index (χ1n) is 3.90. The summed E-state index contributed by atoms with van der Waals surface area (Å²) in [7, 11) is 0. The van der Waals surface area contributed by atoms with Gasteiger partial charge in [0.2, 0.25) is 0 Å². The van der Waals surface area contributed by atoms with Crippen LogP contribution in [0.4, 0.5) is 0 Å². The number of hydrogen-bond acceptors (Lipinski definition) is 2. The summed E-state index contributed by atoms with van der Waals surface area (Å²) in [4.78, 5) is 1.37. The van der Waals surface area contributed by atoms with Gasteiger partial charge in [-0.05, 0) is 35.6 Å². The Morgan fingerprint density at radius 2 is 2.33 bits per heavy atom. The van der Waals surface area contributed by atoms with Crippen LogP contribution in [-0.2, 0) is 6.42 Å². The first kappa shape index (κ1) is 7.62. The van der Waals surface area contributed by atoms with Crippen molar-refractivity contribution in [2.45, 2.75) is 13.3 Å². The standard InChI is InChI=1S/C10H10OS/c1-8-4-10(7-12-8)5-9-2-3-11-6-9/h2-4,6-7H,5H2,1H3. The minimum Gasteiger partial charge on any atom is -0.472 e. The van der Waals surface area contributed by atoms with Crippen molar-refractivity contribution in [3.63, 3.8) is 0 Å². The van der Waals surface area contributed by atoms with E-state index in [9.17, 15) is 0 Å². The summed E-state index contributed by atoms with van der Waals surface area (Å²) >= 11 is 1.80. The average molecular weight is 178 g/mol. The Kier molecular flexibility index (Phi) is 2.00. The van der Waals surface area contributed by atoms with Crippen molar-refractivity contribution in [2.75, 3.05) is 0 Å². The van der Waals surface area contributed by atoms with Crippen molar-refractivity contribution in [1.82, 2.24) is 0 Å². The molecular weight excluding hydrogens is 168 g/mol. The van der Waals surface area contributed by atoms with E-state index in [1.54, 1.807) is 23.9 Å². The average Bonchev–Trinajstić information content (AvgIpc) is 2.63. The van der Waals surface area contributed by atoms with E-state index in [-0.39, 0.29) is 0 Å². The Morgan fingerprint density at radius 1 is 1.42 bits per heavy atom. The molecule has 2 heterocycles. The Hall–Kier alpha value is -1.02. The zero-order valence-corrected chi connectivity index (χ0v) is 7.73. The quantitative estimate of drug-likeness (QED) is 0.688. The number of rotatable bonds is 2. The van der Waals surface area contributed by atoms with Crippen LogP contribution in [0.3, 0.4) is 0 Å². The van der Waals surface area contributed by atoms with Crippen molar-refractivity contribution >= 4 is 11.3 Å². The van der Waals surface area contributed by atoms with Gasteiger partial charge in [-0.3, -0.25) is 0 Å². The molecule has 2 aromatic rings. The molecule has 0 atom stereocenters. The van der Waals surface area contributed by atoms with E-state index in [1.165, 1.54) is 16.0 Å². The predicted octanol–water partition coefficient (Wildman–Crippen LogP) is 3.24. The summed E-state index contributed by atoms with van der Waals surface area (Å²) in [6.07, 6.45) is 4.50. The molecule has 2 heteroatoms. The maximum atomic E-state index is 5.00. The molecule has 0 N–H and O–H groups in total. The SMILES string of the molecule is Cc1cc(Cc2ccoc2)cs1. The van der Waals surface area contributed by atoms with E-state index in [0.717, 1.165) is 6.42 Å². The Morgan fingerprint density at radius 3 is 2.92 bits per heavy atom. The smallest absolute Gasteiger partial charge is 0.0937 e. The lowest BCUT2D eigenvalue weighted by atomic mass is 10.1. The fourth-order valence-electron chi connectivity index (χ4n) is 1.22. The first-order valence-corrected chi connectivity index (χ1v) is 4.77. The van der Waals surface area contributed by atoms with Gasteiger partial charge in [0.25, 0.3) is 0 Å². The van der Waals surface area contributed by atoms with Gasteiger partial charge in [-0.15, -0.1) is 11.3 Å². The van der Waals surface area contributed by atoms with Crippen LogP contribution in [0.25, 0.3) is 0 Å². The predicted molar refractivity (Wildman–Crippen MR) is 50.6 cm³/mol. The van der Waals surface area contributed by atoms with E-state index in [4.69, 9.17) is 4.42 Å². The van der Waals surface area contributed by atoms with Crippen LogP contribution < -0.4 is 0 Å². The van der Waals surface area contributed by atoms with Crippen LogP contribution in [0.5, 0.6) is 0 Å². The molecule has 12 heavy (non-hydrogen) atoms. The molecule has 0 unspecified atom stereocenters. The van der Waals surface area contributed by atoms with Crippen LogP contribution in [0.1, 0.15) is 16.0 Å². The summed E-state index contributed by atoms with van der Waals surface area (Å²) in [6.45, 7) is 2.13. The molecule has 0 bridgehead atoms. The van der Waals surface area contributed by atoms with E-state index in [1.807, 2.05) is 6.07 Å². The van der Waals surface area contributed by atoms with Crippen LogP contribution in [0.2, 0.25) is 0 Å².